The predicted molar refractivity (Wildman–Crippen MR) is 78.5 cm³/mol. The third kappa shape index (κ3) is 2.60. The topological polar surface area (TPSA) is 76.4 Å². The van der Waals surface area contributed by atoms with Crippen molar-refractivity contribution in [1.82, 2.24) is 0 Å². The van der Waals surface area contributed by atoms with E-state index in [1.807, 2.05) is 30.3 Å². The molecule has 1 aliphatic carbocycles. The van der Waals surface area contributed by atoms with Crippen molar-refractivity contribution in [3.8, 4) is 6.07 Å². The molecule has 1 fully saturated rings. The molecule has 114 valence electrons. The highest BCUT2D eigenvalue weighted by Crippen LogP contribution is 2.65. The van der Waals surface area contributed by atoms with Gasteiger partial charge in [0.2, 0.25) is 0 Å². The van der Waals surface area contributed by atoms with Crippen LogP contribution in [-0.4, -0.2) is 25.7 Å². The van der Waals surface area contributed by atoms with Crippen molar-refractivity contribution in [3.63, 3.8) is 0 Å². The first-order chi connectivity index (χ1) is 10.6. The minimum Gasteiger partial charge on any atom is -0.466 e. The van der Waals surface area contributed by atoms with Crippen molar-refractivity contribution in [2.45, 2.75) is 12.8 Å². The Labute approximate surface area is 129 Å². The van der Waals surface area contributed by atoms with Crippen LogP contribution in [0.1, 0.15) is 18.4 Å². The first-order valence-electron chi connectivity index (χ1n) is 7.01. The fourth-order valence-corrected chi connectivity index (χ4v) is 2.76. The second-order valence-electron chi connectivity index (χ2n) is 5.00. The van der Waals surface area contributed by atoms with Crippen LogP contribution in [0.15, 0.2) is 42.5 Å². The highest BCUT2D eigenvalue weighted by Gasteiger charge is 2.71. The quantitative estimate of drug-likeness (QED) is 0.615. The molecule has 0 spiro atoms. The number of allylic oxidation sites excluding steroid dienone is 1. The first kappa shape index (κ1) is 15.8. The number of carbonyl (C=O) groups excluding carboxylic acids is 2. The fourth-order valence-electron chi connectivity index (χ4n) is 2.76. The summed E-state index contributed by atoms with van der Waals surface area (Å²) in [6.07, 6.45) is 2.81. The van der Waals surface area contributed by atoms with Crippen molar-refractivity contribution < 1.29 is 19.1 Å². The van der Waals surface area contributed by atoms with E-state index in [0.717, 1.165) is 5.56 Å². The molecular weight excluding hydrogens is 282 g/mol. The van der Waals surface area contributed by atoms with Gasteiger partial charge in [-0.25, -0.2) is 4.79 Å². The number of ether oxygens (including phenoxy) is 2. The maximum absolute atomic E-state index is 12.3. The Morgan fingerprint density at radius 3 is 2.59 bits per heavy atom. The van der Waals surface area contributed by atoms with Gasteiger partial charge in [-0.3, -0.25) is 4.79 Å². The van der Waals surface area contributed by atoms with E-state index in [2.05, 4.69) is 10.8 Å². The SMILES string of the molecule is CCOC(=O)[C@]1(C#N)[C@H](/C=C\C(=O)OC)[C@H]1c1ccccc1. The van der Waals surface area contributed by atoms with Gasteiger partial charge in [0.1, 0.15) is 0 Å². The maximum Gasteiger partial charge on any atom is 0.330 e. The Bertz CT molecular complexity index is 632. The van der Waals surface area contributed by atoms with Crippen LogP contribution in [0.2, 0.25) is 0 Å². The number of rotatable bonds is 5. The lowest BCUT2D eigenvalue weighted by Gasteiger charge is -2.07. The Morgan fingerprint density at radius 1 is 1.36 bits per heavy atom. The van der Waals surface area contributed by atoms with Crippen molar-refractivity contribution >= 4 is 11.9 Å². The molecule has 0 N–H and O–H groups in total. The van der Waals surface area contributed by atoms with Gasteiger partial charge < -0.3 is 9.47 Å². The lowest BCUT2D eigenvalue weighted by Crippen LogP contribution is -2.20. The monoisotopic (exact) mass is 299 g/mol. The summed E-state index contributed by atoms with van der Waals surface area (Å²) in [7, 11) is 1.27. The molecule has 22 heavy (non-hydrogen) atoms. The molecule has 1 aliphatic rings. The molecule has 1 saturated carbocycles. The first-order valence-corrected chi connectivity index (χ1v) is 7.01. The molecule has 0 bridgehead atoms. The molecule has 3 atom stereocenters. The molecule has 1 aromatic rings. The van der Waals surface area contributed by atoms with Gasteiger partial charge in [0, 0.05) is 17.9 Å². The van der Waals surface area contributed by atoms with E-state index in [1.165, 1.54) is 13.2 Å². The van der Waals surface area contributed by atoms with Gasteiger partial charge in [0.05, 0.1) is 19.8 Å². The zero-order valence-electron chi connectivity index (χ0n) is 12.5. The summed E-state index contributed by atoms with van der Waals surface area (Å²) in [5.74, 6) is -1.79. The molecule has 2 rings (SSSR count). The third-order valence-corrected chi connectivity index (χ3v) is 3.86. The number of hydrogen-bond acceptors (Lipinski definition) is 5. The van der Waals surface area contributed by atoms with E-state index in [-0.39, 0.29) is 12.5 Å². The zero-order valence-corrected chi connectivity index (χ0v) is 12.5. The van der Waals surface area contributed by atoms with Gasteiger partial charge in [-0.15, -0.1) is 0 Å². The van der Waals surface area contributed by atoms with Gasteiger partial charge in [0.25, 0.3) is 0 Å². The van der Waals surface area contributed by atoms with Crippen LogP contribution in [-0.2, 0) is 19.1 Å². The number of hydrogen-bond donors (Lipinski definition) is 0. The van der Waals surface area contributed by atoms with Crippen LogP contribution < -0.4 is 0 Å². The molecule has 0 unspecified atom stereocenters. The van der Waals surface area contributed by atoms with Gasteiger partial charge >= 0.3 is 11.9 Å². The Morgan fingerprint density at radius 2 is 2.05 bits per heavy atom. The zero-order chi connectivity index (χ0) is 16.2. The number of carbonyl (C=O) groups is 2. The largest absolute Gasteiger partial charge is 0.466 e. The van der Waals surface area contributed by atoms with Crippen LogP contribution in [0.4, 0.5) is 0 Å². The number of nitriles is 1. The summed E-state index contributed by atoms with van der Waals surface area (Å²) in [4.78, 5) is 23.5. The molecule has 0 amide bonds. The molecule has 0 radical (unpaired) electrons. The summed E-state index contributed by atoms with van der Waals surface area (Å²) in [6, 6.07) is 11.4. The summed E-state index contributed by atoms with van der Waals surface area (Å²) in [6.45, 7) is 1.90. The minimum atomic E-state index is -1.28. The van der Waals surface area contributed by atoms with Crippen molar-refractivity contribution in [2.75, 3.05) is 13.7 Å². The van der Waals surface area contributed by atoms with Gasteiger partial charge in [0.15, 0.2) is 5.41 Å². The Kier molecular flexibility index (Phi) is 4.62. The fraction of sp³-hybridized carbons (Fsp3) is 0.353. The van der Waals surface area contributed by atoms with Crippen molar-refractivity contribution in [1.29, 1.82) is 5.26 Å². The van der Waals surface area contributed by atoms with E-state index in [4.69, 9.17) is 4.74 Å². The highest BCUT2D eigenvalue weighted by molar-refractivity contribution is 5.89. The van der Waals surface area contributed by atoms with Gasteiger partial charge in [-0.2, -0.15) is 5.26 Å². The van der Waals surface area contributed by atoms with Crippen LogP contribution >= 0.6 is 0 Å². The number of methoxy groups -OCH3 is 1. The van der Waals surface area contributed by atoms with Crippen LogP contribution in [0.3, 0.4) is 0 Å². The number of nitrogens with zero attached hydrogens (tertiary/aromatic N) is 1. The highest BCUT2D eigenvalue weighted by atomic mass is 16.5. The Hall–Kier alpha value is -2.61. The lowest BCUT2D eigenvalue weighted by molar-refractivity contribution is -0.148. The average Bonchev–Trinajstić information content (AvgIpc) is 3.22. The molecule has 0 aliphatic heterocycles. The van der Waals surface area contributed by atoms with Crippen molar-refractivity contribution in [3.05, 3.63) is 48.0 Å². The molecule has 5 nitrogen and oxygen atoms in total. The summed E-state index contributed by atoms with van der Waals surface area (Å²) < 4.78 is 9.62. The van der Waals surface area contributed by atoms with Crippen LogP contribution in [0.25, 0.3) is 0 Å². The molecule has 1 aromatic carbocycles. The summed E-state index contributed by atoms with van der Waals surface area (Å²) in [5, 5.41) is 9.58. The van der Waals surface area contributed by atoms with Gasteiger partial charge in [-0.1, -0.05) is 36.4 Å². The second-order valence-corrected chi connectivity index (χ2v) is 5.00. The summed E-state index contributed by atoms with van der Waals surface area (Å²) >= 11 is 0. The lowest BCUT2D eigenvalue weighted by atomic mass is 10.0. The van der Waals surface area contributed by atoms with Crippen LogP contribution in [0.5, 0.6) is 0 Å². The van der Waals surface area contributed by atoms with Gasteiger partial charge in [-0.05, 0) is 12.5 Å². The van der Waals surface area contributed by atoms with E-state index in [1.54, 1.807) is 13.0 Å². The van der Waals surface area contributed by atoms with E-state index < -0.39 is 23.3 Å². The van der Waals surface area contributed by atoms with Crippen molar-refractivity contribution in [2.24, 2.45) is 11.3 Å². The Balaban J connectivity index is 2.36. The number of benzene rings is 1. The smallest absolute Gasteiger partial charge is 0.330 e. The predicted octanol–water partition coefficient (Wildman–Crippen LogP) is 2.20. The normalized spacial score (nSPS) is 26.2. The van der Waals surface area contributed by atoms with E-state index in [0.29, 0.717) is 0 Å². The standard InChI is InChI=1S/C17H17NO4/c1-3-22-16(20)17(11-18)13(9-10-14(19)21-2)15(17)12-7-5-4-6-8-12/h4-10,13,15H,3H2,1-2H3/b10-9-/t13-,15-,17-/m1/s1. The summed E-state index contributed by atoms with van der Waals surface area (Å²) in [5.41, 5.74) is -0.404. The van der Waals surface area contributed by atoms with E-state index >= 15 is 0 Å². The van der Waals surface area contributed by atoms with E-state index in [9.17, 15) is 14.9 Å². The molecule has 5 heteroatoms. The number of esters is 2. The second kappa shape index (κ2) is 6.44. The molecule has 0 heterocycles. The molecule has 0 aromatic heterocycles. The van der Waals surface area contributed by atoms with Crippen LogP contribution in [0, 0.1) is 22.7 Å². The molecule has 0 saturated heterocycles. The molecular formula is C17H17NO4. The minimum absolute atomic E-state index is 0.206. The maximum atomic E-state index is 12.3. The average molecular weight is 299 g/mol. The third-order valence-electron chi connectivity index (χ3n) is 3.86.